The molecule has 0 aromatic heterocycles. The highest BCUT2D eigenvalue weighted by Gasteiger charge is 2.42. The third-order valence-electron chi connectivity index (χ3n) is 5.00. The summed E-state index contributed by atoms with van der Waals surface area (Å²) in [6.07, 6.45) is 2.56. The van der Waals surface area contributed by atoms with Gasteiger partial charge >= 0.3 is 0 Å². The van der Waals surface area contributed by atoms with Crippen LogP contribution in [0.25, 0.3) is 0 Å². The Labute approximate surface area is 126 Å². The van der Waals surface area contributed by atoms with Gasteiger partial charge in [-0.15, -0.1) is 0 Å². The van der Waals surface area contributed by atoms with Gasteiger partial charge in [0.2, 0.25) is 0 Å². The van der Waals surface area contributed by atoms with Gasteiger partial charge in [-0.2, -0.15) is 0 Å². The average Bonchev–Trinajstić information content (AvgIpc) is 2.49. The van der Waals surface area contributed by atoms with Crippen LogP contribution in [0.3, 0.4) is 0 Å². The van der Waals surface area contributed by atoms with Gasteiger partial charge < -0.3 is 14.4 Å². The van der Waals surface area contributed by atoms with E-state index in [1.54, 1.807) is 14.2 Å². The molecule has 1 heterocycles. The number of hydrogen-bond donors (Lipinski definition) is 0. The standard InChI is InChI=1S/C17H23NO3/c1-10-9-14(20-3)15-11(17(10)21-4)5-6-12-16(15)13(19)7-8-18(12)2/h9,12,16H,5-8H2,1-4H3. The highest BCUT2D eigenvalue weighted by Crippen LogP contribution is 2.47. The van der Waals surface area contributed by atoms with E-state index in [2.05, 4.69) is 11.9 Å². The lowest BCUT2D eigenvalue weighted by molar-refractivity contribution is -0.125. The van der Waals surface area contributed by atoms with Crippen LogP contribution in [0, 0.1) is 6.92 Å². The number of likely N-dealkylation sites (N-methyl/N-ethyl adjacent to an activating group) is 1. The molecule has 21 heavy (non-hydrogen) atoms. The summed E-state index contributed by atoms with van der Waals surface area (Å²) >= 11 is 0. The molecule has 0 bridgehead atoms. The molecule has 2 atom stereocenters. The van der Waals surface area contributed by atoms with Crippen LogP contribution >= 0.6 is 0 Å². The summed E-state index contributed by atoms with van der Waals surface area (Å²) in [6.45, 7) is 2.89. The minimum Gasteiger partial charge on any atom is -0.496 e. The monoisotopic (exact) mass is 289 g/mol. The van der Waals surface area contributed by atoms with Crippen molar-refractivity contribution in [3.05, 3.63) is 22.8 Å². The smallest absolute Gasteiger partial charge is 0.143 e. The number of piperidine rings is 1. The van der Waals surface area contributed by atoms with Gasteiger partial charge in [0, 0.05) is 30.1 Å². The van der Waals surface area contributed by atoms with Gasteiger partial charge in [-0.05, 0) is 38.4 Å². The topological polar surface area (TPSA) is 38.8 Å². The molecule has 1 saturated heterocycles. The Morgan fingerprint density at radius 2 is 2.00 bits per heavy atom. The zero-order chi connectivity index (χ0) is 15.1. The summed E-state index contributed by atoms with van der Waals surface area (Å²) in [6, 6.07) is 2.29. The number of ether oxygens (including phenoxy) is 2. The molecule has 0 amide bonds. The van der Waals surface area contributed by atoms with Crippen LogP contribution in [0.2, 0.25) is 0 Å². The maximum Gasteiger partial charge on any atom is 0.143 e. The molecule has 1 aliphatic heterocycles. The third-order valence-corrected chi connectivity index (χ3v) is 5.00. The van der Waals surface area contributed by atoms with Crippen LogP contribution < -0.4 is 9.47 Å². The average molecular weight is 289 g/mol. The van der Waals surface area contributed by atoms with Crippen LogP contribution in [0.15, 0.2) is 6.07 Å². The minimum atomic E-state index is -0.0723. The predicted octanol–water partition coefficient (Wildman–Crippen LogP) is 2.32. The van der Waals surface area contributed by atoms with Gasteiger partial charge in [-0.25, -0.2) is 0 Å². The van der Waals surface area contributed by atoms with Crippen molar-refractivity contribution in [2.75, 3.05) is 27.8 Å². The number of fused-ring (bicyclic) bond motifs is 3. The van der Waals surface area contributed by atoms with E-state index in [4.69, 9.17) is 9.47 Å². The molecule has 3 rings (SSSR count). The molecule has 1 aromatic rings. The number of ketones is 1. The number of carbonyl (C=O) groups is 1. The second-order valence-electron chi connectivity index (χ2n) is 6.10. The minimum absolute atomic E-state index is 0.0723. The van der Waals surface area contributed by atoms with Crippen LogP contribution in [0.1, 0.15) is 35.4 Å². The van der Waals surface area contributed by atoms with E-state index in [0.29, 0.717) is 18.2 Å². The van der Waals surface area contributed by atoms with E-state index in [1.807, 2.05) is 13.0 Å². The lowest BCUT2D eigenvalue weighted by Crippen LogP contribution is -2.48. The Balaban J connectivity index is 2.20. The lowest BCUT2D eigenvalue weighted by atomic mass is 9.72. The second kappa shape index (κ2) is 5.34. The van der Waals surface area contributed by atoms with Crippen molar-refractivity contribution in [1.29, 1.82) is 0 Å². The zero-order valence-electron chi connectivity index (χ0n) is 13.2. The van der Waals surface area contributed by atoms with E-state index >= 15 is 0 Å². The molecule has 114 valence electrons. The zero-order valence-corrected chi connectivity index (χ0v) is 13.2. The number of rotatable bonds is 2. The Kier molecular flexibility index (Phi) is 3.66. The molecule has 4 nitrogen and oxygen atoms in total. The first-order valence-electron chi connectivity index (χ1n) is 7.55. The molecule has 1 aromatic carbocycles. The molecule has 2 unspecified atom stereocenters. The Bertz CT molecular complexity index is 582. The summed E-state index contributed by atoms with van der Waals surface area (Å²) in [4.78, 5) is 14.9. The number of Topliss-reactive ketones (excluding diaryl/α,β-unsaturated/α-hetero) is 1. The number of likely N-dealkylation sites (tertiary alicyclic amines) is 1. The van der Waals surface area contributed by atoms with Crippen molar-refractivity contribution in [3.63, 3.8) is 0 Å². The fourth-order valence-electron chi connectivity index (χ4n) is 4.00. The van der Waals surface area contributed by atoms with Gasteiger partial charge in [0.15, 0.2) is 0 Å². The normalized spacial score (nSPS) is 25.2. The molecule has 0 N–H and O–H groups in total. The molecule has 0 spiro atoms. The molecule has 0 radical (unpaired) electrons. The molecular formula is C17H23NO3. The SMILES string of the molecule is COc1cc(C)c(OC)c2c1C1C(=O)CCN(C)C1CC2. The maximum absolute atomic E-state index is 12.6. The number of hydrogen-bond acceptors (Lipinski definition) is 4. The number of benzene rings is 1. The highest BCUT2D eigenvalue weighted by molar-refractivity contribution is 5.89. The molecule has 0 saturated carbocycles. The first-order chi connectivity index (χ1) is 10.1. The van der Waals surface area contributed by atoms with Gasteiger partial charge in [0.25, 0.3) is 0 Å². The van der Waals surface area contributed by atoms with Crippen LogP contribution in [-0.4, -0.2) is 44.5 Å². The lowest BCUT2D eigenvalue weighted by Gasteiger charge is -2.43. The Morgan fingerprint density at radius 1 is 1.24 bits per heavy atom. The fraction of sp³-hybridized carbons (Fsp3) is 0.588. The Morgan fingerprint density at radius 3 is 2.67 bits per heavy atom. The van der Waals surface area contributed by atoms with Crippen molar-refractivity contribution < 1.29 is 14.3 Å². The first-order valence-corrected chi connectivity index (χ1v) is 7.55. The van der Waals surface area contributed by atoms with E-state index in [1.165, 1.54) is 5.56 Å². The first kappa shape index (κ1) is 14.4. The molecule has 4 heteroatoms. The van der Waals surface area contributed by atoms with E-state index in [0.717, 1.165) is 42.0 Å². The van der Waals surface area contributed by atoms with Crippen molar-refractivity contribution in [2.24, 2.45) is 0 Å². The fourth-order valence-corrected chi connectivity index (χ4v) is 4.00. The van der Waals surface area contributed by atoms with Crippen LogP contribution in [0.5, 0.6) is 11.5 Å². The van der Waals surface area contributed by atoms with E-state index < -0.39 is 0 Å². The van der Waals surface area contributed by atoms with Gasteiger partial charge in [-0.1, -0.05) is 0 Å². The van der Waals surface area contributed by atoms with E-state index in [-0.39, 0.29) is 5.92 Å². The molecule has 1 aliphatic carbocycles. The number of carbonyl (C=O) groups excluding carboxylic acids is 1. The molecule has 1 fully saturated rings. The van der Waals surface area contributed by atoms with Crippen molar-refractivity contribution >= 4 is 5.78 Å². The van der Waals surface area contributed by atoms with Gasteiger partial charge in [0.1, 0.15) is 17.3 Å². The summed E-state index contributed by atoms with van der Waals surface area (Å²) in [5.74, 6) is 2.02. The summed E-state index contributed by atoms with van der Waals surface area (Å²) in [7, 11) is 5.51. The van der Waals surface area contributed by atoms with Crippen LogP contribution in [-0.2, 0) is 11.2 Å². The second-order valence-corrected chi connectivity index (χ2v) is 6.10. The molecule has 2 aliphatic rings. The predicted molar refractivity (Wildman–Crippen MR) is 81.4 cm³/mol. The van der Waals surface area contributed by atoms with Gasteiger partial charge in [0.05, 0.1) is 20.1 Å². The summed E-state index contributed by atoms with van der Waals surface area (Å²) in [5.41, 5.74) is 3.30. The number of methoxy groups -OCH3 is 2. The number of nitrogens with zero attached hydrogens (tertiary/aromatic N) is 1. The number of aryl methyl sites for hydroxylation is 1. The van der Waals surface area contributed by atoms with Crippen molar-refractivity contribution in [1.82, 2.24) is 4.90 Å². The van der Waals surface area contributed by atoms with Crippen molar-refractivity contribution in [3.8, 4) is 11.5 Å². The maximum atomic E-state index is 12.6. The highest BCUT2D eigenvalue weighted by atomic mass is 16.5. The summed E-state index contributed by atoms with van der Waals surface area (Å²) < 4.78 is 11.2. The quantitative estimate of drug-likeness (QED) is 0.837. The molecular weight excluding hydrogens is 266 g/mol. The Hall–Kier alpha value is -1.55. The van der Waals surface area contributed by atoms with Crippen LogP contribution in [0.4, 0.5) is 0 Å². The largest absolute Gasteiger partial charge is 0.496 e. The van der Waals surface area contributed by atoms with Gasteiger partial charge in [-0.3, -0.25) is 4.79 Å². The third kappa shape index (κ3) is 2.13. The van der Waals surface area contributed by atoms with Crippen molar-refractivity contribution in [2.45, 2.75) is 38.1 Å². The van der Waals surface area contributed by atoms with E-state index in [9.17, 15) is 4.79 Å². The summed E-state index contributed by atoms with van der Waals surface area (Å²) in [5, 5.41) is 0.